The number of hydrogen-bond acceptors (Lipinski definition) is 2. The number of hydrogen-bond donors (Lipinski definition) is 3. The van der Waals surface area contributed by atoms with Gasteiger partial charge in [-0.05, 0) is 30.5 Å². The first kappa shape index (κ1) is 15.1. The number of aromatic amines is 1. The fraction of sp³-hybridized carbons (Fsp3) is 0.222. The Labute approximate surface area is 134 Å². The summed E-state index contributed by atoms with van der Waals surface area (Å²) in [5.41, 5.74) is 5.53. The number of benzene rings is 1. The summed E-state index contributed by atoms with van der Waals surface area (Å²) < 4.78 is 0. The van der Waals surface area contributed by atoms with Crippen LogP contribution < -0.4 is 5.32 Å². The molecular weight excluding hydrogens is 292 g/mol. The zero-order valence-electron chi connectivity index (χ0n) is 12.8. The smallest absolute Gasteiger partial charge is 0.303 e. The lowest BCUT2D eigenvalue weighted by atomic mass is 10.0. The molecule has 1 aliphatic rings. The first-order valence-corrected chi connectivity index (χ1v) is 7.54. The lowest BCUT2D eigenvalue weighted by Crippen LogP contribution is -2.04. The maximum atomic E-state index is 12.1. The Morgan fingerprint density at radius 3 is 2.87 bits per heavy atom. The minimum atomic E-state index is -0.798. The second-order valence-corrected chi connectivity index (χ2v) is 5.63. The van der Waals surface area contributed by atoms with Crippen LogP contribution in [0.25, 0.3) is 5.57 Å². The highest BCUT2D eigenvalue weighted by atomic mass is 16.4. The summed E-state index contributed by atoms with van der Waals surface area (Å²) in [6.45, 7) is 1.98. The van der Waals surface area contributed by atoms with Gasteiger partial charge in [0.05, 0.1) is 0 Å². The summed E-state index contributed by atoms with van der Waals surface area (Å²) in [4.78, 5) is 25.9. The van der Waals surface area contributed by atoms with Crippen LogP contribution in [-0.4, -0.2) is 22.0 Å². The number of carbonyl (C=O) groups excluding carboxylic acids is 1. The van der Waals surface area contributed by atoms with Gasteiger partial charge in [-0.3, -0.25) is 9.59 Å². The third-order valence-corrected chi connectivity index (χ3v) is 4.18. The normalized spacial score (nSPS) is 14.8. The van der Waals surface area contributed by atoms with E-state index in [1.807, 2.05) is 43.5 Å². The molecule has 1 aliphatic heterocycles. The molecular formula is C18H18N2O3. The molecule has 0 fully saturated rings. The molecule has 1 amide bonds. The zero-order valence-corrected chi connectivity index (χ0v) is 12.8. The SMILES string of the molecule is Cc1c(CCC(=O)O)c[nH]c1CC=C1C(=O)Nc2ccccc21. The van der Waals surface area contributed by atoms with E-state index in [9.17, 15) is 9.59 Å². The molecule has 1 aromatic carbocycles. The standard InChI is InChI=1S/C18H18N2O3/c1-11-12(6-9-17(21)22)10-19-15(11)8-7-14-13-4-2-3-5-16(13)20-18(14)23/h2-5,7,10,19H,6,8-9H2,1H3,(H,20,23)(H,21,22). The number of para-hydroxylation sites is 1. The van der Waals surface area contributed by atoms with Crippen molar-refractivity contribution < 1.29 is 14.7 Å². The number of carboxylic acid groups (broad SMARTS) is 1. The van der Waals surface area contributed by atoms with E-state index in [4.69, 9.17) is 5.11 Å². The number of nitrogens with one attached hydrogen (secondary N) is 2. The van der Waals surface area contributed by atoms with Gasteiger partial charge in [-0.2, -0.15) is 0 Å². The summed E-state index contributed by atoms with van der Waals surface area (Å²) in [6.07, 6.45) is 5.01. The van der Waals surface area contributed by atoms with Gasteiger partial charge < -0.3 is 15.4 Å². The highest BCUT2D eigenvalue weighted by molar-refractivity contribution is 6.31. The van der Waals surface area contributed by atoms with Crippen LogP contribution in [0, 0.1) is 6.92 Å². The van der Waals surface area contributed by atoms with Crippen LogP contribution in [0.5, 0.6) is 0 Å². The van der Waals surface area contributed by atoms with E-state index in [1.165, 1.54) is 0 Å². The second kappa shape index (κ2) is 6.12. The van der Waals surface area contributed by atoms with E-state index in [2.05, 4.69) is 10.3 Å². The van der Waals surface area contributed by atoms with Crippen molar-refractivity contribution >= 4 is 23.1 Å². The van der Waals surface area contributed by atoms with Crippen LogP contribution in [0.1, 0.15) is 28.8 Å². The van der Waals surface area contributed by atoms with E-state index in [-0.39, 0.29) is 12.3 Å². The topological polar surface area (TPSA) is 82.2 Å². The molecule has 3 rings (SSSR count). The van der Waals surface area contributed by atoms with Crippen molar-refractivity contribution in [3.63, 3.8) is 0 Å². The Hall–Kier alpha value is -2.82. The van der Waals surface area contributed by atoms with Crippen molar-refractivity contribution in [3.8, 4) is 0 Å². The highest BCUT2D eigenvalue weighted by Crippen LogP contribution is 2.31. The van der Waals surface area contributed by atoms with Gasteiger partial charge in [-0.25, -0.2) is 0 Å². The minimum absolute atomic E-state index is 0.0819. The molecule has 0 bridgehead atoms. The predicted molar refractivity (Wildman–Crippen MR) is 88.2 cm³/mol. The average molecular weight is 310 g/mol. The van der Waals surface area contributed by atoms with Crippen molar-refractivity contribution in [2.45, 2.75) is 26.2 Å². The van der Waals surface area contributed by atoms with Crippen LogP contribution in [0.2, 0.25) is 0 Å². The molecule has 0 spiro atoms. The van der Waals surface area contributed by atoms with Crippen molar-refractivity contribution in [2.24, 2.45) is 0 Å². The van der Waals surface area contributed by atoms with Crippen LogP contribution in [0.15, 0.2) is 36.5 Å². The van der Waals surface area contributed by atoms with Gasteiger partial charge in [0.2, 0.25) is 0 Å². The van der Waals surface area contributed by atoms with Crippen molar-refractivity contribution in [1.29, 1.82) is 0 Å². The van der Waals surface area contributed by atoms with E-state index in [0.717, 1.165) is 28.1 Å². The number of anilines is 1. The molecule has 0 aliphatic carbocycles. The molecule has 118 valence electrons. The Kier molecular flexibility index (Phi) is 4.02. The molecule has 3 N–H and O–H groups in total. The summed E-state index contributed by atoms with van der Waals surface area (Å²) in [7, 11) is 0. The third kappa shape index (κ3) is 3.04. The number of carboxylic acids is 1. The summed E-state index contributed by atoms with van der Waals surface area (Å²) in [6, 6.07) is 7.62. The summed E-state index contributed by atoms with van der Waals surface area (Å²) in [5, 5.41) is 11.6. The second-order valence-electron chi connectivity index (χ2n) is 5.63. The fourth-order valence-electron chi connectivity index (χ4n) is 2.84. The lowest BCUT2D eigenvalue weighted by Gasteiger charge is -2.01. The fourth-order valence-corrected chi connectivity index (χ4v) is 2.84. The third-order valence-electron chi connectivity index (χ3n) is 4.18. The molecule has 0 unspecified atom stereocenters. The lowest BCUT2D eigenvalue weighted by molar-refractivity contribution is -0.137. The first-order chi connectivity index (χ1) is 11.1. The van der Waals surface area contributed by atoms with Gasteiger partial charge in [0.15, 0.2) is 0 Å². The largest absolute Gasteiger partial charge is 0.481 e. The molecule has 1 aromatic heterocycles. The summed E-state index contributed by atoms with van der Waals surface area (Å²) in [5.74, 6) is -0.880. The van der Waals surface area contributed by atoms with E-state index < -0.39 is 5.97 Å². The molecule has 2 aromatic rings. The summed E-state index contributed by atoms with van der Waals surface area (Å²) >= 11 is 0. The number of carbonyl (C=O) groups is 2. The van der Waals surface area contributed by atoms with Gasteiger partial charge in [-0.15, -0.1) is 0 Å². The maximum absolute atomic E-state index is 12.1. The van der Waals surface area contributed by atoms with Gasteiger partial charge in [0.25, 0.3) is 5.91 Å². The number of amides is 1. The van der Waals surface area contributed by atoms with Gasteiger partial charge in [-0.1, -0.05) is 24.3 Å². The highest BCUT2D eigenvalue weighted by Gasteiger charge is 2.23. The van der Waals surface area contributed by atoms with Crippen LogP contribution >= 0.6 is 0 Å². The van der Waals surface area contributed by atoms with Crippen molar-refractivity contribution in [3.05, 3.63) is 58.9 Å². The Morgan fingerprint density at radius 2 is 2.09 bits per heavy atom. The predicted octanol–water partition coefficient (Wildman–Crippen LogP) is 2.92. The van der Waals surface area contributed by atoms with Crippen LogP contribution in [-0.2, 0) is 22.4 Å². The number of aliphatic carboxylic acids is 1. The quantitative estimate of drug-likeness (QED) is 0.743. The van der Waals surface area contributed by atoms with Crippen molar-refractivity contribution in [1.82, 2.24) is 4.98 Å². The molecule has 5 heteroatoms. The molecule has 2 heterocycles. The van der Waals surface area contributed by atoms with Gasteiger partial charge in [0.1, 0.15) is 0 Å². The van der Waals surface area contributed by atoms with Crippen LogP contribution in [0.3, 0.4) is 0 Å². The number of allylic oxidation sites excluding steroid dienone is 1. The van der Waals surface area contributed by atoms with E-state index >= 15 is 0 Å². The Morgan fingerprint density at radius 1 is 1.30 bits per heavy atom. The zero-order chi connectivity index (χ0) is 16.4. The monoisotopic (exact) mass is 310 g/mol. The number of rotatable bonds is 5. The van der Waals surface area contributed by atoms with Gasteiger partial charge in [0, 0.05) is 41.6 Å². The first-order valence-electron chi connectivity index (χ1n) is 7.54. The Balaban J connectivity index is 1.78. The number of aromatic nitrogens is 1. The van der Waals surface area contributed by atoms with E-state index in [1.54, 1.807) is 0 Å². The molecule has 0 saturated carbocycles. The van der Waals surface area contributed by atoms with Crippen molar-refractivity contribution in [2.75, 3.05) is 5.32 Å². The number of fused-ring (bicyclic) bond motifs is 1. The number of aryl methyl sites for hydroxylation is 1. The molecule has 0 atom stereocenters. The molecule has 0 saturated heterocycles. The molecule has 23 heavy (non-hydrogen) atoms. The molecule has 5 nitrogen and oxygen atoms in total. The van der Waals surface area contributed by atoms with Gasteiger partial charge >= 0.3 is 5.97 Å². The van der Waals surface area contributed by atoms with Crippen LogP contribution in [0.4, 0.5) is 5.69 Å². The maximum Gasteiger partial charge on any atom is 0.303 e. The minimum Gasteiger partial charge on any atom is -0.481 e. The van der Waals surface area contributed by atoms with E-state index in [0.29, 0.717) is 18.4 Å². The molecule has 0 radical (unpaired) electrons. The average Bonchev–Trinajstić information content (AvgIpc) is 3.03. The number of H-pyrrole nitrogens is 1. The Bertz CT molecular complexity index is 802.